The van der Waals surface area contributed by atoms with Gasteiger partial charge in [0.1, 0.15) is 0 Å². The van der Waals surface area contributed by atoms with Crippen LogP contribution < -0.4 is 5.32 Å². The van der Waals surface area contributed by atoms with Gasteiger partial charge in [-0.15, -0.1) is 0 Å². The van der Waals surface area contributed by atoms with Crippen LogP contribution in [0, 0.1) is 5.92 Å². The van der Waals surface area contributed by atoms with E-state index in [1.165, 1.54) is 0 Å². The van der Waals surface area contributed by atoms with Crippen molar-refractivity contribution in [2.45, 2.75) is 25.3 Å². The second-order valence-corrected chi connectivity index (χ2v) is 5.49. The number of rotatable bonds is 4. The van der Waals surface area contributed by atoms with E-state index in [-0.39, 0.29) is 17.9 Å². The van der Waals surface area contributed by atoms with Gasteiger partial charge >= 0.3 is 5.97 Å². The predicted molar refractivity (Wildman–Crippen MR) is 70.1 cm³/mol. The van der Waals surface area contributed by atoms with E-state index in [9.17, 15) is 9.59 Å². The minimum Gasteiger partial charge on any atom is -0.481 e. The Kier molecular flexibility index (Phi) is 4.01. The highest BCUT2D eigenvalue weighted by atomic mass is 79.9. The number of carbonyl (C=O) groups is 2. The molecule has 0 bridgehead atoms. The van der Waals surface area contributed by atoms with E-state index in [1.54, 1.807) is 0 Å². The fourth-order valence-electron chi connectivity index (χ4n) is 2.05. The standard InChI is InChI=1S/C13H14BrNO3/c14-10-3-1-2-8(4-10)5-12(16)15-11-6-9(7-11)13(17)18/h1-4,9,11H,5-7H2,(H,15,16)(H,17,18). The lowest BCUT2D eigenvalue weighted by atomic mass is 9.80. The molecule has 1 aromatic rings. The molecule has 2 rings (SSSR count). The summed E-state index contributed by atoms with van der Waals surface area (Å²) >= 11 is 3.35. The largest absolute Gasteiger partial charge is 0.481 e. The van der Waals surface area contributed by atoms with Crippen LogP contribution in [0.5, 0.6) is 0 Å². The van der Waals surface area contributed by atoms with Gasteiger partial charge in [0.2, 0.25) is 5.91 Å². The average molecular weight is 312 g/mol. The maximum Gasteiger partial charge on any atom is 0.306 e. The van der Waals surface area contributed by atoms with Crippen LogP contribution in [0.2, 0.25) is 0 Å². The number of carboxylic acid groups (broad SMARTS) is 1. The highest BCUT2D eigenvalue weighted by molar-refractivity contribution is 9.10. The molecule has 0 atom stereocenters. The summed E-state index contributed by atoms with van der Waals surface area (Å²) in [4.78, 5) is 22.4. The zero-order valence-corrected chi connectivity index (χ0v) is 11.3. The quantitative estimate of drug-likeness (QED) is 0.893. The third-order valence-corrected chi connectivity index (χ3v) is 3.60. The van der Waals surface area contributed by atoms with Crippen LogP contribution in [0.1, 0.15) is 18.4 Å². The predicted octanol–water partition coefficient (Wildman–Crippen LogP) is 1.97. The molecule has 1 aliphatic carbocycles. The molecule has 96 valence electrons. The van der Waals surface area contributed by atoms with E-state index < -0.39 is 5.97 Å². The average Bonchev–Trinajstić information content (AvgIpc) is 2.22. The van der Waals surface area contributed by atoms with Gasteiger partial charge in [-0.3, -0.25) is 9.59 Å². The summed E-state index contributed by atoms with van der Waals surface area (Å²) in [6.45, 7) is 0. The number of amides is 1. The maximum absolute atomic E-state index is 11.7. The smallest absolute Gasteiger partial charge is 0.306 e. The van der Waals surface area contributed by atoms with Gasteiger partial charge < -0.3 is 10.4 Å². The van der Waals surface area contributed by atoms with Gasteiger partial charge in [0, 0.05) is 10.5 Å². The first-order chi connectivity index (χ1) is 8.54. The molecule has 1 amide bonds. The van der Waals surface area contributed by atoms with Crippen molar-refractivity contribution >= 4 is 27.8 Å². The third kappa shape index (κ3) is 3.32. The van der Waals surface area contributed by atoms with Crippen LogP contribution in [0.15, 0.2) is 28.7 Å². The number of carbonyl (C=O) groups excluding carboxylic acids is 1. The molecule has 0 saturated heterocycles. The summed E-state index contributed by atoms with van der Waals surface area (Å²) in [5, 5.41) is 11.6. The molecular weight excluding hydrogens is 298 g/mol. The summed E-state index contributed by atoms with van der Waals surface area (Å²) in [5.74, 6) is -1.12. The third-order valence-electron chi connectivity index (χ3n) is 3.11. The lowest BCUT2D eigenvalue weighted by molar-refractivity contribution is -0.146. The Bertz CT molecular complexity index is 469. The number of aliphatic carboxylic acids is 1. The first-order valence-electron chi connectivity index (χ1n) is 5.81. The van der Waals surface area contributed by atoms with E-state index in [2.05, 4.69) is 21.2 Å². The highest BCUT2D eigenvalue weighted by Gasteiger charge is 2.35. The number of nitrogens with one attached hydrogen (secondary N) is 1. The number of carboxylic acids is 1. The Hall–Kier alpha value is -1.36. The molecule has 4 nitrogen and oxygen atoms in total. The highest BCUT2D eigenvalue weighted by Crippen LogP contribution is 2.27. The zero-order valence-electron chi connectivity index (χ0n) is 9.73. The van der Waals surface area contributed by atoms with Crippen molar-refractivity contribution in [3.8, 4) is 0 Å². The van der Waals surface area contributed by atoms with E-state index >= 15 is 0 Å². The minimum atomic E-state index is -0.771. The van der Waals surface area contributed by atoms with Gasteiger partial charge in [0.05, 0.1) is 12.3 Å². The van der Waals surface area contributed by atoms with Crippen LogP contribution in [0.25, 0.3) is 0 Å². The molecule has 0 heterocycles. The topological polar surface area (TPSA) is 66.4 Å². The second kappa shape index (κ2) is 5.52. The molecule has 0 aromatic heterocycles. The first kappa shape index (κ1) is 13.1. The monoisotopic (exact) mass is 311 g/mol. The van der Waals surface area contributed by atoms with Gasteiger partial charge in [-0.25, -0.2) is 0 Å². The Morgan fingerprint density at radius 1 is 1.39 bits per heavy atom. The maximum atomic E-state index is 11.7. The van der Waals surface area contributed by atoms with Crippen molar-refractivity contribution < 1.29 is 14.7 Å². The molecule has 0 radical (unpaired) electrons. The molecule has 0 unspecified atom stereocenters. The zero-order chi connectivity index (χ0) is 13.1. The Morgan fingerprint density at radius 2 is 2.11 bits per heavy atom. The van der Waals surface area contributed by atoms with Crippen LogP contribution in [-0.2, 0) is 16.0 Å². The van der Waals surface area contributed by atoms with Gasteiger partial charge in [-0.1, -0.05) is 28.1 Å². The first-order valence-corrected chi connectivity index (χ1v) is 6.60. The van der Waals surface area contributed by atoms with Gasteiger partial charge in [-0.2, -0.15) is 0 Å². The summed E-state index contributed by atoms with van der Waals surface area (Å²) in [7, 11) is 0. The molecule has 2 N–H and O–H groups in total. The van der Waals surface area contributed by atoms with Gasteiger partial charge in [-0.05, 0) is 30.5 Å². The van der Waals surface area contributed by atoms with Crippen molar-refractivity contribution in [2.24, 2.45) is 5.92 Å². The molecule has 1 aromatic carbocycles. The van der Waals surface area contributed by atoms with Gasteiger partial charge in [0.15, 0.2) is 0 Å². The molecular formula is C13H14BrNO3. The van der Waals surface area contributed by atoms with E-state index in [0.717, 1.165) is 10.0 Å². The fraction of sp³-hybridized carbons (Fsp3) is 0.385. The van der Waals surface area contributed by atoms with Gasteiger partial charge in [0.25, 0.3) is 0 Å². The van der Waals surface area contributed by atoms with E-state index in [0.29, 0.717) is 19.3 Å². The van der Waals surface area contributed by atoms with Crippen molar-refractivity contribution in [1.29, 1.82) is 0 Å². The molecule has 1 saturated carbocycles. The fourth-order valence-corrected chi connectivity index (χ4v) is 2.50. The van der Waals surface area contributed by atoms with Crippen molar-refractivity contribution in [3.05, 3.63) is 34.3 Å². The van der Waals surface area contributed by atoms with Crippen LogP contribution in [-0.4, -0.2) is 23.0 Å². The van der Waals surface area contributed by atoms with Crippen LogP contribution >= 0.6 is 15.9 Å². The molecule has 1 fully saturated rings. The minimum absolute atomic E-state index is 0.0192. The second-order valence-electron chi connectivity index (χ2n) is 4.58. The van der Waals surface area contributed by atoms with Crippen LogP contribution in [0.4, 0.5) is 0 Å². The molecule has 5 heteroatoms. The Balaban J connectivity index is 1.78. The number of hydrogen-bond acceptors (Lipinski definition) is 2. The Labute approximate surface area is 114 Å². The SMILES string of the molecule is O=C(Cc1cccc(Br)c1)NC1CC(C(=O)O)C1. The number of halogens is 1. The molecule has 0 aliphatic heterocycles. The lowest BCUT2D eigenvalue weighted by Gasteiger charge is -2.32. The van der Waals surface area contributed by atoms with Crippen LogP contribution in [0.3, 0.4) is 0 Å². The summed E-state index contributed by atoms with van der Waals surface area (Å²) < 4.78 is 0.947. The summed E-state index contributed by atoms with van der Waals surface area (Å²) in [6.07, 6.45) is 1.41. The lowest BCUT2D eigenvalue weighted by Crippen LogP contribution is -2.47. The van der Waals surface area contributed by atoms with Crippen molar-refractivity contribution in [2.75, 3.05) is 0 Å². The van der Waals surface area contributed by atoms with Crippen molar-refractivity contribution in [3.63, 3.8) is 0 Å². The molecule has 1 aliphatic rings. The number of benzene rings is 1. The van der Waals surface area contributed by atoms with Crippen molar-refractivity contribution in [1.82, 2.24) is 5.32 Å². The molecule has 18 heavy (non-hydrogen) atoms. The number of hydrogen-bond donors (Lipinski definition) is 2. The summed E-state index contributed by atoms with van der Waals surface area (Å²) in [5.41, 5.74) is 0.941. The van der Waals surface area contributed by atoms with E-state index in [4.69, 9.17) is 5.11 Å². The summed E-state index contributed by atoms with van der Waals surface area (Å²) in [6, 6.07) is 7.61. The normalized spacial score (nSPS) is 22.1. The van der Waals surface area contributed by atoms with E-state index in [1.807, 2.05) is 24.3 Å². The Morgan fingerprint density at radius 3 is 2.72 bits per heavy atom. The molecule has 0 spiro atoms.